The molecule has 2 aromatic rings. The molecule has 1 N–H and O–H groups in total. The Labute approximate surface area is 114 Å². The Morgan fingerprint density at radius 3 is 3.00 bits per heavy atom. The molecule has 0 saturated heterocycles. The highest BCUT2D eigenvalue weighted by Gasteiger charge is 2.19. The van der Waals surface area contributed by atoms with E-state index in [4.69, 9.17) is 0 Å². The third kappa shape index (κ3) is 3.11. The molecule has 6 nitrogen and oxygen atoms in total. The van der Waals surface area contributed by atoms with E-state index >= 15 is 0 Å². The molecule has 19 heavy (non-hydrogen) atoms. The molecule has 0 radical (unpaired) electrons. The van der Waals surface area contributed by atoms with Crippen molar-refractivity contribution in [2.75, 3.05) is 7.11 Å². The zero-order valence-corrected chi connectivity index (χ0v) is 11.6. The number of methoxy groups -OCH3 is 1. The summed E-state index contributed by atoms with van der Waals surface area (Å²) in [6.07, 6.45) is 4.35. The van der Waals surface area contributed by atoms with Crippen LogP contribution in [0.1, 0.15) is 19.0 Å². The van der Waals surface area contributed by atoms with Crippen LogP contribution in [0.3, 0.4) is 0 Å². The molecular formula is C12H15N3O3S. The Hall–Kier alpha value is -1.89. The summed E-state index contributed by atoms with van der Waals surface area (Å²) in [4.78, 5) is 28.4. The third-order valence-electron chi connectivity index (χ3n) is 2.71. The minimum Gasteiger partial charge on any atom is -0.467 e. The third-order valence-corrected chi connectivity index (χ3v) is 3.48. The summed E-state index contributed by atoms with van der Waals surface area (Å²) >= 11 is 1.51. The fraction of sp³-hybridized carbons (Fsp3) is 0.417. The van der Waals surface area contributed by atoms with E-state index < -0.39 is 12.0 Å². The molecule has 1 amide bonds. The van der Waals surface area contributed by atoms with Crippen LogP contribution in [0.25, 0.3) is 4.96 Å². The molecule has 1 atom stereocenters. The van der Waals surface area contributed by atoms with E-state index in [0.717, 1.165) is 4.96 Å². The number of fused-ring (bicyclic) bond motifs is 1. The first-order valence-corrected chi connectivity index (χ1v) is 6.80. The number of thiazole rings is 1. The van der Waals surface area contributed by atoms with E-state index in [1.165, 1.54) is 18.4 Å². The number of esters is 1. The molecular weight excluding hydrogens is 266 g/mol. The standard InChI is InChI=1S/C12H15N3O3S/c1-3-9(11(17)18-2)14-10(16)6-8-7-15-4-5-19-12(15)13-8/h4-5,7,9H,3,6H2,1-2H3,(H,14,16). The highest BCUT2D eigenvalue weighted by atomic mass is 32.1. The van der Waals surface area contributed by atoms with Crippen LogP contribution in [0.5, 0.6) is 0 Å². The lowest BCUT2D eigenvalue weighted by Gasteiger charge is -2.13. The van der Waals surface area contributed by atoms with Crippen molar-refractivity contribution in [3.63, 3.8) is 0 Å². The smallest absolute Gasteiger partial charge is 0.328 e. The molecule has 0 aliphatic carbocycles. The summed E-state index contributed by atoms with van der Waals surface area (Å²) in [7, 11) is 1.31. The average Bonchev–Trinajstić information content (AvgIpc) is 2.95. The first kappa shape index (κ1) is 13.5. The van der Waals surface area contributed by atoms with Gasteiger partial charge in [0.1, 0.15) is 6.04 Å². The monoisotopic (exact) mass is 281 g/mol. The van der Waals surface area contributed by atoms with Gasteiger partial charge in [-0.15, -0.1) is 11.3 Å². The van der Waals surface area contributed by atoms with Gasteiger partial charge in [-0.25, -0.2) is 9.78 Å². The Kier molecular flexibility index (Phi) is 4.16. The van der Waals surface area contributed by atoms with Crippen LogP contribution >= 0.6 is 11.3 Å². The summed E-state index contributed by atoms with van der Waals surface area (Å²) in [5, 5.41) is 4.57. The van der Waals surface area contributed by atoms with Crippen molar-refractivity contribution in [1.29, 1.82) is 0 Å². The molecule has 1 unspecified atom stereocenters. The molecule has 2 rings (SSSR count). The van der Waals surface area contributed by atoms with Crippen molar-refractivity contribution in [2.24, 2.45) is 0 Å². The zero-order chi connectivity index (χ0) is 13.8. The van der Waals surface area contributed by atoms with E-state index in [9.17, 15) is 9.59 Å². The van der Waals surface area contributed by atoms with Gasteiger partial charge in [-0.2, -0.15) is 0 Å². The van der Waals surface area contributed by atoms with Crippen molar-refractivity contribution in [2.45, 2.75) is 25.8 Å². The van der Waals surface area contributed by atoms with Crippen LogP contribution in [0.4, 0.5) is 0 Å². The minimum atomic E-state index is -0.596. The Bertz CT molecular complexity index is 561. The van der Waals surface area contributed by atoms with Gasteiger partial charge in [0.2, 0.25) is 5.91 Å². The SMILES string of the molecule is CCC(NC(=O)Cc1cn2ccsc2n1)C(=O)OC. The summed E-state index contributed by atoms with van der Waals surface area (Å²) < 4.78 is 6.48. The van der Waals surface area contributed by atoms with Crippen molar-refractivity contribution in [3.05, 3.63) is 23.5 Å². The molecule has 7 heteroatoms. The topological polar surface area (TPSA) is 72.7 Å². The van der Waals surface area contributed by atoms with Gasteiger partial charge in [-0.05, 0) is 6.42 Å². The van der Waals surface area contributed by atoms with E-state index in [0.29, 0.717) is 12.1 Å². The Morgan fingerprint density at radius 2 is 2.37 bits per heavy atom. The van der Waals surface area contributed by atoms with Crippen LogP contribution in [-0.4, -0.2) is 34.4 Å². The van der Waals surface area contributed by atoms with Crippen LogP contribution in [0.2, 0.25) is 0 Å². The van der Waals surface area contributed by atoms with Crippen LogP contribution < -0.4 is 5.32 Å². The molecule has 0 spiro atoms. The van der Waals surface area contributed by atoms with Gasteiger partial charge in [0.05, 0.1) is 19.2 Å². The quantitative estimate of drug-likeness (QED) is 0.830. The normalized spacial score (nSPS) is 12.3. The lowest BCUT2D eigenvalue weighted by molar-refractivity contribution is -0.145. The largest absolute Gasteiger partial charge is 0.467 e. The maximum absolute atomic E-state index is 11.8. The van der Waals surface area contributed by atoms with E-state index in [2.05, 4.69) is 15.0 Å². The summed E-state index contributed by atoms with van der Waals surface area (Å²) in [6.45, 7) is 1.81. The highest BCUT2D eigenvalue weighted by molar-refractivity contribution is 7.15. The van der Waals surface area contributed by atoms with Gasteiger partial charge in [0.15, 0.2) is 4.96 Å². The van der Waals surface area contributed by atoms with Crippen LogP contribution in [0, 0.1) is 0 Å². The molecule has 0 saturated carbocycles. The first-order chi connectivity index (χ1) is 9.13. The van der Waals surface area contributed by atoms with Crippen molar-refractivity contribution < 1.29 is 14.3 Å². The molecule has 0 bridgehead atoms. The predicted octanol–water partition coefficient (Wildman–Crippen LogP) is 1.01. The number of hydrogen-bond donors (Lipinski definition) is 1. The van der Waals surface area contributed by atoms with Gasteiger partial charge in [-0.3, -0.25) is 9.20 Å². The molecule has 0 aliphatic rings. The van der Waals surface area contributed by atoms with Crippen molar-refractivity contribution >= 4 is 28.2 Å². The molecule has 2 heterocycles. The van der Waals surface area contributed by atoms with Gasteiger partial charge in [-0.1, -0.05) is 6.92 Å². The average molecular weight is 281 g/mol. The Balaban J connectivity index is 1.97. The second-order valence-electron chi connectivity index (χ2n) is 4.05. The summed E-state index contributed by atoms with van der Waals surface area (Å²) in [5.74, 6) is -0.662. The molecule has 0 aliphatic heterocycles. The number of rotatable bonds is 5. The predicted molar refractivity (Wildman–Crippen MR) is 71.0 cm³/mol. The number of ether oxygens (including phenoxy) is 1. The van der Waals surface area contributed by atoms with Crippen molar-refractivity contribution in [3.8, 4) is 0 Å². The molecule has 102 valence electrons. The van der Waals surface area contributed by atoms with Crippen molar-refractivity contribution in [1.82, 2.24) is 14.7 Å². The van der Waals surface area contributed by atoms with Gasteiger partial charge >= 0.3 is 5.97 Å². The number of amides is 1. The van der Waals surface area contributed by atoms with Crippen LogP contribution in [0.15, 0.2) is 17.8 Å². The number of nitrogens with one attached hydrogen (secondary N) is 1. The Morgan fingerprint density at radius 1 is 1.58 bits per heavy atom. The fourth-order valence-electron chi connectivity index (χ4n) is 1.74. The number of nitrogens with zero attached hydrogens (tertiary/aromatic N) is 2. The van der Waals surface area contributed by atoms with E-state index in [1.54, 1.807) is 0 Å². The maximum Gasteiger partial charge on any atom is 0.328 e. The maximum atomic E-state index is 11.8. The number of carbonyl (C=O) groups is 2. The van der Waals surface area contributed by atoms with Gasteiger partial charge in [0.25, 0.3) is 0 Å². The number of aromatic nitrogens is 2. The molecule has 0 aromatic carbocycles. The minimum absolute atomic E-state index is 0.155. The first-order valence-electron chi connectivity index (χ1n) is 5.92. The number of imidazole rings is 1. The summed E-state index contributed by atoms with van der Waals surface area (Å²) in [6, 6.07) is -0.596. The van der Waals surface area contributed by atoms with Crippen LogP contribution in [-0.2, 0) is 20.7 Å². The second kappa shape index (κ2) is 5.83. The van der Waals surface area contributed by atoms with E-state index in [1.807, 2.05) is 29.1 Å². The zero-order valence-electron chi connectivity index (χ0n) is 10.8. The lowest BCUT2D eigenvalue weighted by Crippen LogP contribution is -2.41. The van der Waals surface area contributed by atoms with Gasteiger partial charge in [0, 0.05) is 17.8 Å². The summed E-state index contributed by atoms with van der Waals surface area (Å²) in [5.41, 5.74) is 0.684. The molecule has 0 fully saturated rings. The second-order valence-corrected chi connectivity index (χ2v) is 4.93. The number of carbonyl (C=O) groups excluding carboxylic acids is 2. The number of hydrogen-bond acceptors (Lipinski definition) is 5. The highest BCUT2D eigenvalue weighted by Crippen LogP contribution is 2.11. The van der Waals surface area contributed by atoms with E-state index in [-0.39, 0.29) is 12.3 Å². The lowest BCUT2D eigenvalue weighted by atomic mass is 10.2. The molecule has 2 aromatic heterocycles. The fourth-order valence-corrected chi connectivity index (χ4v) is 2.46. The van der Waals surface area contributed by atoms with Gasteiger partial charge < -0.3 is 10.1 Å².